The van der Waals surface area contributed by atoms with Gasteiger partial charge in [0.25, 0.3) is 0 Å². The van der Waals surface area contributed by atoms with E-state index >= 15 is 0 Å². The van der Waals surface area contributed by atoms with Crippen molar-refractivity contribution in [1.82, 2.24) is 31.0 Å². The lowest BCUT2D eigenvalue weighted by atomic mass is 9.92. The molecule has 5 aliphatic heterocycles. The molecule has 4 unspecified atom stereocenters. The van der Waals surface area contributed by atoms with Gasteiger partial charge in [0.1, 0.15) is 0 Å². The Hall–Kier alpha value is -0.810. The summed E-state index contributed by atoms with van der Waals surface area (Å²) in [6.45, 7) is 10.5. The lowest BCUT2D eigenvalue weighted by Crippen LogP contribution is -2.61. The number of hydrogen-bond donors (Lipinski definition) is 3. The Kier molecular flexibility index (Phi) is 5.81. The Morgan fingerprint density at radius 1 is 1.07 bits per heavy atom. The molecule has 5 saturated heterocycles. The summed E-state index contributed by atoms with van der Waals surface area (Å²) < 4.78 is 5.40. The lowest BCUT2D eigenvalue weighted by molar-refractivity contribution is -0.136. The minimum absolute atomic E-state index is 0.0728. The summed E-state index contributed by atoms with van der Waals surface area (Å²) in [5.74, 6) is 1.57. The highest BCUT2D eigenvalue weighted by atomic mass is 16.7. The maximum atomic E-state index is 12.2. The summed E-state index contributed by atoms with van der Waals surface area (Å²) in [5.41, 5.74) is 6.86. The van der Waals surface area contributed by atoms with Gasteiger partial charge >= 0.3 is 0 Å². The molecule has 4 atom stereocenters. The van der Waals surface area contributed by atoms with Gasteiger partial charge < -0.3 is 9.64 Å². The van der Waals surface area contributed by atoms with Gasteiger partial charge in [-0.05, 0) is 31.1 Å². The Bertz CT molecular complexity index is 595. The van der Waals surface area contributed by atoms with E-state index in [1.165, 1.54) is 6.42 Å². The molecule has 5 heterocycles. The van der Waals surface area contributed by atoms with Gasteiger partial charge in [0.15, 0.2) is 6.35 Å². The van der Waals surface area contributed by atoms with Gasteiger partial charge in [-0.25, -0.2) is 5.01 Å². The van der Waals surface area contributed by atoms with Crippen molar-refractivity contribution in [1.29, 1.82) is 0 Å². The molecular weight excluding hydrogens is 372 g/mol. The fraction of sp³-hybridized carbons (Fsp3) is 0.950. The smallest absolute Gasteiger partial charge is 0.225 e. The summed E-state index contributed by atoms with van der Waals surface area (Å²) in [4.78, 5) is 22.7. The fourth-order valence-corrected chi connectivity index (χ4v) is 5.48. The molecule has 164 valence electrons. The van der Waals surface area contributed by atoms with Crippen LogP contribution in [0.3, 0.4) is 0 Å². The van der Waals surface area contributed by atoms with Crippen LogP contribution in [-0.4, -0.2) is 91.3 Å². The van der Waals surface area contributed by atoms with E-state index in [2.05, 4.69) is 26.1 Å². The molecule has 0 bridgehead atoms. The number of carbonyl (C=O) groups excluding carboxylic acids is 1. The minimum atomic E-state index is -0.0728. The third-order valence-electron chi connectivity index (χ3n) is 7.44. The van der Waals surface area contributed by atoms with Crippen molar-refractivity contribution < 1.29 is 14.4 Å². The van der Waals surface area contributed by atoms with Crippen LogP contribution in [0.1, 0.15) is 33.1 Å². The normalized spacial score (nSPS) is 37.8. The average molecular weight is 409 g/mol. The van der Waals surface area contributed by atoms with Gasteiger partial charge in [0.05, 0.1) is 25.4 Å². The van der Waals surface area contributed by atoms with Gasteiger partial charge in [-0.3, -0.25) is 25.3 Å². The van der Waals surface area contributed by atoms with Crippen molar-refractivity contribution >= 4 is 5.91 Å². The molecule has 0 aromatic carbocycles. The van der Waals surface area contributed by atoms with Crippen LogP contribution in [0.4, 0.5) is 0 Å². The van der Waals surface area contributed by atoms with Crippen LogP contribution in [0.25, 0.3) is 0 Å². The number of carbonyl (C=O) groups is 1. The number of ether oxygens (including phenoxy) is 1. The van der Waals surface area contributed by atoms with E-state index in [4.69, 9.17) is 9.57 Å². The molecule has 5 fully saturated rings. The van der Waals surface area contributed by atoms with E-state index < -0.39 is 0 Å². The number of likely N-dealkylation sites (tertiary alicyclic amines) is 2. The maximum absolute atomic E-state index is 12.2. The number of hydrazine groups is 1. The largest absolute Gasteiger partial charge is 0.378 e. The van der Waals surface area contributed by atoms with Crippen molar-refractivity contribution in [2.45, 2.75) is 57.7 Å². The summed E-state index contributed by atoms with van der Waals surface area (Å²) in [6, 6.07) is 1.05. The third-order valence-corrected chi connectivity index (χ3v) is 7.44. The molecule has 5 aliphatic rings. The zero-order valence-corrected chi connectivity index (χ0v) is 17.7. The SMILES string of the molecule is CC(C)C(=O)N1CCC(C2NOC(N3CCC4CNN(C5COC5)C4C3)N2)CC1. The van der Waals surface area contributed by atoms with Crippen molar-refractivity contribution in [3.63, 3.8) is 0 Å². The first-order valence-corrected chi connectivity index (χ1v) is 11.4. The van der Waals surface area contributed by atoms with Gasteiger partial charge in [-0.15, -0.1) is 0 Å². The molecule has 0 saturated carbocycles. The summed E-state index contributed by atoms with van der Waals surface area (Å²) >= 11 is 0. The number of rotatable bonds is 4. The highest BCUT2D eigenvalue weighted by Crippen LogP contribution is 2.31. The first-order chi connectivity index (χ1) is 14.1. The topological polar surface area (TPSA) is 81.3 Å². The van der Waals surface area contributed by atoms with Crippen LogP contribution in [-0.2, 0) is 14.4 Å². The monoisotopic (exact) mass is 408 g/mol. The molecule has 3 N–H and O–H groups in total. The van der Waals surface area contributed by atoms with E-state index in [0.29, 0.717) is 18.0 Å². The quantitative estimate of drug-likeness (QED) is 0.576. The molecular formula is C20H36N6O3. The van der Waals surface area contributed by atoms with Gasteiger partial charge in [0, 0.05) is 44.7 Å². The molecule has 9 nitrogen and oxygen atoms in total. The van der Waals surface area contributed by atoms with E-state index in [1.807, 2.05) is 18.7 Å². The average Bonchev–Trinajstić information content (AvgIpc) is 3.34. The lowest BCUT2D eigenvalue weighted by Gasteiger charge is -2.43. The van der Waals surface area contributed by atoms with Crippen LogP contribution < -0.4 is 16.2 Å². The standard InChI is InChI=1S/C20H36N6O3/c1-13(2)19(27)24-6-3-14(4-7-24)18-22-20(29-23-18)25-8-5-15-9-21-26(17(15)10-25)16-11-28-12-16/h13-18,20-23H,3-12H2,1-2H3. The predicted molar refractivity (Wildman–Crippen MR) is 107 cm³/mol. The first kappa shape index (κ1) is 20.1. The molecule has 0 aliphatic carbocycles. The van der Waals surface area contributed by atoms with E-state index in [9.17, 15) is 4.79 Å². The van der Waals surface area contributed by atoms with Gasteiger partial charge in [0.2, 0.25) is 5.91 Å². The summed E-state index contributed by atoms with van der Waals surface area (Å²) in [5, 5.41) is 6.12. The van der Waals surface area contributed by atoms with Crippen LogP contribution >= 0.6 is 0 Å². The van der Waals surface area contributed by atoms with Crippen molar-refractivity contribution in [3.05, 3.63) is 0 Å². The van der Waals surface area contributed by atoms with E-state index in [0.717, 1.165) is 64.7 Å². The Balaban J connectivity index is 1.12. The van der Waals surface area contributed by atoms with E-state index in [1.54, 1.807) is 0 Å². The van der Waals surface area contributed by atoms with Crippen LogP contribution in [0.15, 0.2) is 0 Å². The minimum Gasteiger partial charge on any atom is -0.378 e. The van der Waals surface area contributed by atoms with Crippen LogP contribution in [0.2, 0.25) is 0 Å². The second-order valence-electron chi connectivity index (χ2n) is 9.62. The summed E-state index contributed by atoms with van der Waals surface area (Å²) in [7, 11) is 0. The van der Waals surface area contributed by atoms with Crippen molar-refractivity contribution in [3.8, 4) is 0 Å². The Labute approximate surface area is 173 Å². The maximum Gasteiger partial charge on any atom is 0.225 e. The third kappa shape index (κ3) is 3.94. The fourth-order valence-electron chi connectivity index (χ4n) is 5.48. The number of hydrogen-bond acceptors (Lipinski definition) is 8. The predicted octanol–water partition coefficient (Wildman–Crippen LogP) is -0.475. The Morgan fingerprint density at radius 3 is 2.52 bits per heavy atom. The number of amides is 1. The highest BCUT2D eigenvalue weighted by molar-refractivity contribution is 5.78. The number of nitrogens with zero attached hydrogens (tertiary/aromatic N) is 3. The second kappa shape index (κ2) is 8.37. The molecule has 0 spiro atoms. The molecule has 0 aromatic heterocycles. The molecule has 0 aromatic rings. The number of hydroxylamine groups is 1. The molecule has 1 amide bonds. The number of nitrogens with one attached hydrogen (secondary N) is 3. The number of fused-ring (bicyclic) bond motifs is 1. The van der Waals surface area contributed by atoms with Crippen LogP contribution in [0, 0.1) is 17.8 Å². The second-order valence-corrected chi connectivity index (χ2v) is 9.62. The van der Waals surface area contributed by atoms with E-state index in [-0.39, 0.29) is 24.3 Å². The summed E-state index contributed by atoms with van der Waals surface area (Å²) in [6.07, 6.45) is 3.32. The molecule has 29 heavy (non-hydrogen) atoms. The molecule has 5 rings (SSSR count). The van der Waals surface area contributed by atoms with Gasteiger partial charge in [-0.1, -0.05) is 13.8 Å². The van der Waals surface area contributed by atoms with Crippen molar-refractivity contribution in [2.75, 3.05) is 45.9 Å². The zero-order chi connectivity index (χ0) is 20.0. The van der Waals surface area contributed by atoms with Crippen molar-refractivity contribution in [2.24, 2.45) is 17.8 Å². The first-order valence-electron chi connectivity index (χ1n) is 11.4. The molecule has 0 radical (unpaired) electrons. The highest BCUT2D eigenvalue weighted by Gasteiger charge is 2.46. The van der Waals surface area contributed by atoms with Crippen LogP contribution in [0.5, 0.6) is 0 Å². The molecule has 9 heteroatoms. The van der Waals surface area contributed by atoms with Gasteiger partial charge in [-0.2, -0.15) is 5.48 Å². The zero-order valence-electron chi connectivity index (χ0n) is 17.7. The number of piperidine rings is 2. The Morgan fingerprint density at radius 2 is 1.83 bits per heavy atom.